The summed E-state index contributed by atoms with van der Waals surface area (Å²) in [6, 6.07) is 16.5. The van der Waals surface area contributed by atoms with Crippen molar-refractivity contribution in [2.24, 2.45) is 0 Å². The second kappa shape index (κ2) is 5.87. The normalized spacial score (nSPS) is 11.0. The zero-order chi connectivity index (χ0) is 14.8. The number of hydrogen-bond donors (Lipinski definition) is 0. The molecule has 0 saturated carbocycles. The summed E-state index contributed by atoms with van der Waals surface area (Å²) in [6.07, 6.45) is 2.13. The fourth-order valence-corrected chi connectivity index (χ4v) is 2.99. The summed E-state index contributed by atoms with van der Waals surface area (Å²) in [7, 11) is 0. The van der Waals surface area contributed by atoms with Gasteiger partial charge in [0.15, 0.2) is 0 Å². The van der Waals surface area contributed by atoms with Crippen LogP contribution in [0.5, 0.6) is 0 Å². The van der Waals surface area contributed by atoms with Gasteiger partial charge in [0, 0.05) is 10.9 Å². The Balaban J connectivity index is 2.32. The van der Waals surface area contributed by atoms with E-state index in [1.54, 1.807) is 0 Å². The Labute approximate surface area is 130 Å². The minimum absolute atomic E-state index is 0.816. The summed E-state index contributed by atoms with van der Waals surface area (Å²) >= 11 is 6.61. The van der Waals surface area contributed by atoms with E-state index in [1.165, 1.54) is 5.56 Å². The van der Waals surface area contributed by atoms with Gasteiger partial charge >= 0.3 is 0 Å². The Bertz CT molecular complexity index is 778. The van der Waals surface area contributed by atoms with E-state index in [0.29, 0.717) is 0 Å². The molecule has 0 aliphatic heterocycles. The van der Waals surface area contributed by atoms with Crippen molar-refractivity contribution in [2.45, 2.75) is 26.7 Å². The van der Waals surface area contributed by atoms with Gasteiger partial charge < -0.3 is 0 Å². The molecule has 0 aliphatic rings. The average molecular weight is 296 g/mol. The van der Waals surface area contributed by atoms with Gasteiger partial charge in [-0.05, 0) is 24.5 Å². The largest absolute Gasteiger partial charge is 0.247 e. The Morgan fingerprint density at radius 1 is 1.00 bits per heavy atom. The molecule has 1 heterocycles. The quantitative estimate of drug-likeness (QED) is 0.593. The molecule has 0 spiro atoms. The van der Waals surface area contributed by atoms with Crippen molar-refractivity contribution < 1.29 is 0 Å². The van der Waals surface area contributed by atoms with Crippen LogP contribution in [0.1, 0.15) is 24.5 Å². The van der Waals surface area contributed by atoms with Crippen molar-refractivity contribution in [3.05, 3.63) is 64.7 Å². The topological polar surface area (TPSA) is 12.9 Å². The molecule has 0 saturated heterocycles. The Morgan fingerprint density at radius 3 is 2.48 bits per heavy atom. The molecular weight excluding hydrogens is 278 g/mol. The van der Waals surface area contributed by atoms with Crippen molar-refractivity contribution in [1.29, 1.82) is 0 Å². The van der Waals surface area contributed by atoms with Crippen molar-refractivity contribution in [3.8, 4) is 11.3 Å². The van der Waals surface area contributed by atoms with Gasteiger partial charge in [-0.3, -0.25) is 0 Å². The molecule has 106 valence electrons. The molecule has 0 N–H and O–H groups in total. The number of halogens is 1. The summed E-state index contributed by atoms with van der Waals surface area (Å²) in [5, 5.41) is 1.87. The molecule has 0 aliphatic carbocycles. The van der Waals surface area contributed by atoms with E-state index in [1.807, 2.05) is 25.1 Å². The van der Waals surface area contributed by atoms with Crippen molar-refractivity contribution in [1.82, 2.24) is 4.98 Å². The van der Waals surface area contributed by atoms with Crippen LogP contribution in [0.25, 0.3) is 22.2 Å². The van der Waals surface area contributed by atoms with Crippen LogP contribution in [-0.4, -0.2) is 4.98 Å². The predicted octanol–water partition coefficient (Wildman–Crippen LogP) is 5.82. The van der Waals surface area contributed by atoms with E-state index >= 15 is 0 Å². The standard InChI is InChI=1S/C19H18ClN/c1-3-8-14-11-7-12-16-17(20)13(2)18(21-19(14)16)15-9-5-4-6-10-15/h4-7,9-12H,3,8H2,1-2H3. The van der Waals surface area contributed by atoms with Crippen LogP contribution in [0.2, 0.25) is 5.02 Å². The van der Waals surface area contributed by atoms with E-state index < -0.39 is 0 Å². The van der Waals surface area contributed by atoms with E-state index in [9.17, 15) is 0 Å². The van der Waals surface area contributed by atoms with Gasteiger partial charge in [-0.2, -0.15) is 0 Å². The van der Waals surface area contributed by atoms with Crippen molar-refractivity contribution >= 4 is 22.5 Å². The zero-order valence-corrected chi connectivity index (χ0v) is 13.1. The van der Waals surface area contributed by atoms with Crippen LogP contribution in [-0.2, 0) is 6.42 Å². The second-order valence-corrected chi connectivity index (χ2v) is 5.71. The third-order valence-corrected chi connectivity index (χ3v) is 4.32. The van der Waals surface area contributed by atoms with Gasteiger partial charge in [0.1, 0.15) is 0 Å². The monoisotopic (exact) mass is 295 g/mol. The molecule has 0 amide bonds. The maximum absolute atomic E-state index is 6.61. The molecular formula is C19H18ClN. The highest BCUT2D eigenvalue weighted by Gasteiger charge is 2.13. The molecule has 2 heteroatoms. The van der Waals surface area contributed by atoms with Gasteiger partial charge in [0.2, 0.25) is 0 Å². The highest BCUT2D eigenvalue weighted by atomic mass is 35.5. The SMILES string of the molecule is CCCc1cccc2c(Cl)c(C)c(-c3ccccc3)nc12. The lowest BCUT2D eigenvalue weighted by molar-refractivity contribution is 0.926. The first-order valence-electron chi connectivity index (χ1n) is 7.35. The highest BCUT2D eigenvalue weighted by Crippen LogP contribution is 2.34. The van der Waals surface area contributed by atoms with E-state index in [0.717, 1.165) is 45.6 Å². The first-order valence-corrected chi connectivity index (χ1v) is 7.73. The maximum atomic E-state index is 6.61. The molecule has 3 aromatic rings. The third-order valence-electron chi connectivity index (χ3n) is 3.83. The molecule has 0 unspecified atom stereocenters. The van der Waals surface area contributed by atoms with Gasteiger partial charge in [-0.25, -0.2) is 4.98 Å². The molecule has 3 rings (SSSR count). The van der Waals surface area contributed by atoms with Crippen LogP contribution in [0.4, 0.5) is 0 Å². The minimum Gasteiger partial charge on any atom is -0.247 e. The summed E-state index contributed by atoms with van der Waals surface area (Å²) in [5.41, 5.74) is 5.45. The first-order chi connectivity index (χ1) is 10.2. The lowest BCUT2D eigenvalue weighted by Gasteiger charge is -2.13. The van der Waals surface area contributed by atoms with Crippen LogP contribution >= 0.6 is 11.6 Å². The molecule has 0 atom stereocenters. The molecule has 2 aromatic carbocycles. The lowest BCUT2D eigenvalue weighted by atomic mass is 10.0. The minimum atomic E-state index is 0.816. The summed E-state index contributed by atoms with van der Waals surface area (Å²) in [4.78, 5) is 4.94. The number of benzene rings is 2. The number of fused-ring (bicyclic) bond motifs is 1. The van der Waals surface area contributed by atoms with Gasteiger partial charge in [0.05, 0.1) is 16.2 Å². The molecule has 1 aromatic heterocycles. The fraction of sp³-hybridized carbons (Fsp3) is 0.211. The summed E-state index contributed by atoms with van der Waals surface area (Å²) < 4.78 is 0. The zero-order valence-electron chi connectivity index (χ0n) is 12.4. The van der Waals surface area contributed by atoms with Crippen molar-refractivity contribution in [3.63, 3.8) is 0 Å². The number of aryl methyl sites for hydroxylation is 1. The molecule has 0 fully saturated rings. The molecule has 1 nitrogen and oxygen atoms in total. The van der Waals surface area contributed by atoms with Gasteiger partial charge in [-0.15, -0.1) is 0 Å². The van der Waals surface area contributed by atoms with Crippen LogP contribution < -0.4 is 0 Å². The fourth-order valence-electron chi connectivity index (χ4n) is 2.75. The van der Waals surface area contributed by atoms with Crippen LogP contribution in [0, 0.1) is 6.92 Å². The average Bonchev–Trinajstić information content (AvgIpc) is 2.52. The van der Waals surface area contributed by atoms with E-state index in [-0.39, 0.29) is 0 Å². The molecule has 0 bridgehead atoms. The highest BCUT2D eigenvalue weighted by molar-refractivity contribution is 6.36. The third kappa shape index (κ3) is 2.54. The van der Waals surface area contributed by atoms with E-state index in [4.69, 9.17) is 16.6 Å². The number of nitrogens with zero attached hydrogens (tertiary/aromatic N) is 1. The number of hydrogen-bond acceptors (Lipinski definition) is 1. The van der Waals surface area contributed by atoms with Gasteiger partial charge in [0.25, 0.3) is 0 Å². The number of pyridine rings is 1. The second-order valence-electron chi connectivity index (χ2n) is 5.33. The first kappa shape index (κ1) is 14.1. The number of rotatable bonds is 3. The van der Waals surface area contributed by atoms with Crippen LogP contribution in [0.3, 0.4) is 0 Å². The predicted molar refractivity (Wildman–Crippen MR) is 90.9 cm³/mol. The Morgan fingerprint density at radius 2 is 1.76 bits per heavy atom. The smallest absolute Gasteiger partial charge is 0.0756 e. The number of para-hydroxylation sites is 1. The Kier molecular flexibility index (Phi) is 3.94. The summed E-state index contributed by atoms with van der Waals surface area (Å²) in [6.45, 7) is 4.23. The van der Waals surface area contributed by atoms with Crippen LogP contribution in [0.15, 0.2) is 48.5 Å². The number of aromatic nitrogens is 1. The maximum Gasteiger partial charge on any atom is 0.0756 e. The Hall–Kier alpha value is -1.86. The van der Waals surface area contributed by atoms with E-state index in [2.05, 4.69) is 37.3 Å². The van der Waals surface area contributed by atoms with Crippen molar-refractivity contribution in [2.75, 3.05) is 0 Å². The molecule has 0 radical (unpaired) electrons. The lowest BCUT2D eigenvalue weighted by Crippen LogP contribution is -1.96. The summed E-state index contributed by atoms with van der Waals surface area (Å²) in [5.74, 6) is 0. The molecule has 21 heavy (non-hydrogen) atoms. The van der Waals surface area contributed by atoms with Gasteiger partial charge in [-0.1, -0.05) is 73.5 Å².